The van der Waals surface area contributed by atoms with E-state index in [2.05, 4.69) is 29.1 Å². The van der Waals surface area contributed by atoms with Crippen molar-refractivity contribution < 1.29 is 28.5 Å². The third kappa shape index (κ3) is 6.09. The first-order valence-electron chi connectivity index (χ1n) is 12.4. The van der Waals surface area contributed by atoms with Gasteiger partial charge in [-0.15, -0.1) is 0 Å². The van der Waals surface area contributed by atoms with Crippen LogP contribution in [0.5, 0.6) is 28.7 Å². The number of amides is 1. The summed E-state index contributed by atoms with van der Waals surface area (Å²) in [5, 5.41) is 13.9. The SMILES string of the molecule is COc1cc2nccc(Oc3ccc(NC(=O)c4cnc(C)c(/C=C/CC(C)C)c4O)cc3F)c2cc1OC. The molecule has 2 heterocycles. The maximum absolute atomic E-state index is 15.0. The number of allylic oxidation sites excluding steroid dienone is 1. The number of aryl methyl sites for hydroxylation is 1. The number of methoxy groups -OCH3 is 2. The second-order valence-corrected chi connectivity index (χ2v) is 9.29. The molecule has 2 aromatic heterocycles. The normalized spacial score (nSPS) is 11.3. The van der Waals surface area contributed by atoms with Crippen LogP contribution in [0.3, 0.4) is 0 Å². The Labute approximate surface area is 226 Å². The zero-order valence-corrected chi connectivity index (χ0v) is 22.4. The van der Waals surface area contributed by atoms with Crippen molar-refractivity contribution in [1.29, 1.82) is 0 Å². The average Bonchev–Trinajstić information content (AvgIpc) is 2.91. The van der Waals surface area contributed by atoms with Crippen molar-refractivity contribution in [1.82, 2.24) is 9.97 Å². The molecule has 2 N–H and O–H groups in total. The molecule has 0 bridgehead atoms. The van der Waals surface area contributed by atoms with Gasteiger partial charge < -0.3 is 24.6 Å². The van der Waals surface area contributed by atoms with Crippen LogP contribution in [-0.2, 0) is 0 Å². The Bertz CT molecular complexity index is 1550. The fourth-order valence-electron chi connectivity index (χ4n) is 3.95. The topological polar surface area (TPSA) is 103 Å². The van der Waals surface area contributed by atoms with E-state index < -0.39 is 11.7 Å². The van der Waals surface area contributed by atoms with Crippen LogP contribution in [0.25, 0.3) is 17.0 Å². The molecule has 0 atom stereocenters. The van der Waals surface area contributed by atoms with Crippen LogP contribution in [0, 0.1) is 18.7 Å². The van der Waals surface area contributed by atoms with E-state index in [1.165, 1.54) is 32.5 Å². The zero-order chi connectivity index (χ0) is 28.1. The quantitative estimate of drug-likeness (QED) is 0.242. The molecule has 0 fully saturated rings. The molecule has 4 rings (SSSR count). The standard InChI is InChI=1S/C30H30FN3O5/c1-17(2)7-6-8-20-18(3)33-16-22(29(20)35)30(36)34-19-9-10-26(23(31)13-19)39-25-11-12-32-24-15-28(38-5)27(37-4)14-21(24)25/h6,8-17H,7H2,1-5H3,(H,33,35)(H,34,36)/b8-6+. The summed E-state index contributed by atoms with van der Waals surface area (Å²) in [5.41, 5.74) is 1.82. The largest absolute Gasteiger partial charge is 0.506 e. The molecule has 39 heavy (non-hydrogen) atoms. The summed E-state index contributed by atoms with van der Waals surface area (Å²) in [6.45, 7) is 5.92. The Morgan fingerprint density at radius 2 is 1.79 bits per heavy atom. The highest BCUT2D eigenvalue weighted by Crippen LogP contribution is 2.37. The molecule has 9 heteroatoms. The molecule has 1 amide bonds. The maximum Gasteiger partial charge on any atom is 0.261 e. The summed E-state index contributed by atoms with van der Waals surface area (Å²) in [7, 11) is 3.05. The highest BCUT2D eigenvalue weighted by molar-refractivity contribution is 6.06. The first-order chi connectivity index (χ1) is 18.7. The summed E-state index contributed by atoms with van der Waals surface area (Å²) in [6.07, 6.45) is 7.35. The van der Waals surface area contributed by atoms with E-state index in [9.17, 15) is 9.90 Å². The average molecular weight is 532 g/mol. The molecule has 2 aromatic carbocycles. The van der Waals surface area contributed by atoms with Gasteiger partial charge >= 0.3 is 0 Å². The third-order valence-corrected chi connectivity index (χ3v) is 6.04. The number of rotatable bonds is 9. The number of anilines is 1. The lowest BCUT2D eigenvalue weighted by Crippen LogP contribution is -2.13. The van der Waals surface area contributed by atoms with Crippen molar-refractivity contribution >= 4 is 28.6 Å². The van der Waals surface area contributed by atoms with Crippen LogP contribution in [-0.4, -0.2) is 35.2 Å². The number of carbonyl (C=O) groups is 1. The molecule has 0 saturated carbocycles. The predicted molar refractivity (Wildman–Crippen MR) is 148 cm³/mol. The Kier molecular flexibility index (Phi) is 8.29. The number of hydrogen-bond donors (Lipinski definition) is 2. The number of nitrogens with zero attached hydrogens (tertiary/aromatic N) is 2. The molecular weight excluding hydrogens is 501 g/mol. The van der Waals surface area contributed by atoms with Gasteiger partial charge in [-0.1, -0.05) is 26.0 Å². The monoisotopic (exact) mass is 531 g/mol. The van der Waals surface area contributed by atoms with Crippen LogP contribution >= 0.6 is 0 Å². The summed E-state index contributed by atoms with van der Waals surface area (Å²) in [4.78, 5) is 21.5. The minimum absolute atomic E-state index is 0.0156. The number of pyridine rings is 2. The number of fused-ring (bicyclic) bond motifs is 1. The first-order valence-corrected chi connectivity index (χ1v) is 12.4. The number of nitrogens with one attached hydrogen (secondary N) is 1. The summed E-state index contributed by atoms with van der Waals surface area (Å²) >= 11 is 0. The first kappa shape index (κ1) is 27.4. The molecular formula is C30H30FN3O5. The third-order valence-electron chi connectivity index (χ3n) is 6.04. The summed E-state index contributed by atoms with van der Waals surface area (Å²) in [6, 6.07) is 9.08. The minimum atomic E-state index is -0.693. The maximum atomic E-state index is 15.0. The van der Waals surface area contributed by atoms with Gasteiger partial charge in [-0.2, -0.15) is 0 Å². The van der Waals surface area contributed by atoms with Crippen molar-refractivity contribution in [2.75, 3.05) is 19.5 Å². The van der Waals surface area contributed by atoms with Gasteiger partial charge in [0, 0.05) is 46.9 Å². The molecule has 0 aliphatic carbocycles. The van der Waals surface area contributed by atoms with Gasteiger partial charge in [0.2, 0.25) is 0 Å². The number of halogens is 1. The molecule has 0 aliphatic heterocycles. The van der Waals surface area contributed by atoms with Crippen molar-refractivity contribution in [3.05, 3.63) is 77.5 Å². The lowest BCUT2D eigenvalue weighted by atomic mass is 10.1. The van der Waals surface area contributed by atoms with E-state index in [0.29, 0.717) is 45.3 Å². The van der Waals surface area contributed by atoms with Gasteiger partial charge in [-0.3, -0.25) is 14.8 Å². The Morgan fingerprint density at radius 1 is 1.05 bits per heavy atom. The van der Waals surface area contributed by atoms with Gasteiger partial charge in [0.15, 0.2) is 23.1 Å². The number of aromatic hydroxyl groups is 1. The van der Waals surface area contributed by atoms with Gasteiger partial charge in [-0.25, -0.2) is 4.39 Å². The van der Waals surface area contributed by atoms with E-state index in [1.54, 1.807) is 37.4 Å². The fourth-order valence-corrected chi connectivity index (χ4v) is 3.95. The molecule has 0 aliphatic rings. The molecule has 0 spiro atoms. The predicted octanol–water partition coefficient (Wildman–Crippen LogP) is 6.90. The zero-order valence-electron chi connectivity index (χ0n) is 22.4. The highest BCUT2D eigenvalue weighted by Gasteiger charge is 2.18. The van der Waals surface area contributed by atoms with Crippen LogP contribution < -0.4 is 19.5 Å². The van der Waals surface area contributed by atoms with Crippen molar-refractivity contribution in [3.63, 3.8) is 0 Å². The highest BCUT2D eigenvalue weighted by atomic mass is 19.1. The second kappa shape index (κ2) is 11.8. The van der Waals surface area contributed by atoms with Crippen LogP contribution in [0.2, 0.25) is 0 Å². The van der Waals surface area contributed by atoms with Crippen LogP contribution in [0.15, 0.2) is 54.9 Å². The van der Waals surface area contributed by atoms with E-state index in [4.69, 9.17) is 14.2 Å². The van der Waals surface area contributed by atoms with Crippen molar-refractivity contribution in [2.45, 2.75) is 27.2 Å². The van der Waals surface area contributed by atoms with Crippen molar-refractivity contribution in [2.24, 2.45) is 5.92 Å². The smallest absolute Gasteiger partial charge is 0.261 e. The van der Waals surface area contributed by atoms with Gasteiger partial charge in [0.05, 0.1) is 19.7 Å². The van der Waals surface area contributed by atoms with E-state index in [0.717, 1.165) is 12.5 Å². The molecule has 0 radical (unpaired) electrons. The molecule has 0 saturated heterocycles. The fraction of sp³-hybridized carbons (Fsp3) is 0.233. The van der Waals surface area contributed by atoms with Crippen molar-refractivity contribution in [3.8, 4) is 28.7 Å². The van der Waals surface area contributed by atoms with E-state index >= 15 is 4.39 Å². The van der Waals surface area contributed by atoms with E-state index in [-0.39, 0.29) is 22.7 Å². The number of aromatic nitrogens is 2. The number of carbonyl (C=O) groups excluding carboxylic acids is 1. The summed E-state index contributed by atoms with van der Waals surface area (Å²) < 4.78 is 31.6. The minimum Gasteiger partial charge on any atom is -0.506 e. The molecule has 4 aromatic rings. The molecule has 0 unspecified atom stereocenters. The molecule has 8 nitrogen and oxygen atoms in total. The molecule has 202 valence electrons. The lowest BCUT2D eigenvalue weighted by Gasteiger charge is -2.13. The van der Waals surface area contributed by atoms with Gasteiger partial charge in [-0.05, 0) is 43.5 Å². The Morgan fingerprint density at radius 3 is 2.49 bits per heavy atom. The van der Waals surface area contributed by atoms with Gasteiger partial charge in [0.25, 0.3) is 5.91 Å². The number of benzene rings is 2. The van der Waals surface area contributed by atoms with Crippen LogP contribution in [0.1, 0.15) is 41.9 Å². The summed E-state index contributed by atoms with van der Waals surface area (Å²) in [5.74, 6) is 0.265. The van der Waals surface area contributed by atoms with E-state index in [1.807, 2.05) is 6.08 Å². The lowest BCUT2D eigenvalue weighted by molar-refractivity contribution is 0.102. The van der Waals surface area contributed by atoms with Gasteiger partial charge in [0.1, 0.15) is 17.1 Å². The Hall–Kier alpha value is -4.66. The number of hydrogen-bond acceptors (Lipinski definition) is 7. The van der Waals surface area contributed by atoms with Crippen LogP contribution in [0.4, 0.5) is 10.1 Å². The number of ether oxygens (including phenoxy) is 3. The second-order valence-electron chi connectivity index (χ2n) is 9.29. The Balaban J connectivity index is 1.55.